The molecule has 0 aromatic heterocycles. The standard InChI is InChI=1S/C13H16O2/c1-4-5-12-9(2)11-8-10(14-3)6-7-13(11)15-12/h6-8,12H,2,4-5H2,1,3H3. The van der Waals surface area contributed by atoms with E-state index in [1.807, 2.05) is 18.2 Å². The number of rotatable bonds is 3. The smallest absolute Gasteiger partial charge is 0.128 e. The third-order valence-corrected chi connectivity index (χ3v) is 2.74. The topological polar surface area (TPSA) is 18.5 Å². The van der Waals surface area contributed by atoms with E-state index in [9.17, 15) is 0 Å². The Kier molecular flexibility index (Phi) is 2.67. The highest BCUT2D eigenvalue weighted by atomic mass is 16.5. The fourth-order valence-electron chi connectivity index (χ4n) is 1.88. The average Bonchev–Trinajstić information content (AvgIpc) is 2.56. The Morgan fingerprint density at radius 3 is 2.93 bits per heavy atom. The molecule has 0 bridgehead atoms. The van der Waals surface area contributed by atoms with Gasteiger partial charge in [-0.15, -0.1) is 0 Å². The van der Waals surface area contributed by atoms with Gasteiger partial charge < -0.3 is 9.47 Å². The van der Waals surface area contributed by atoms with Crippen molar-refractivity contribution in [3.8, 4) is 11.5 Å². The van der Waals surface area contributed by atoms with Crippen LogP contribution in [0.25, 0.3) is 5.57 Å². The minimum absolute atomic E-state index is 0.150. The summed E-state index contributed by atoms with van der Waals surface area (Å²) < 4.78 is 11.0. The first-order valence-electron chi connectivity index (χ1n) is 5.30. The zero-order valence-corrected chi connectivity index (χ0v) is 9.25. The van der Waals surface area contributed by atoms with Crippen LogP contribution in [0.1, 0.15) is 25.3 Å². The first kappa shape index (κ1) is 10.1. The lowest BCUT2D eigenvalue weighted by atomic mass is 10.0. The first-order chi connectivity index (χ1) is 7.26. The molecule has 0 aliphatic carbocycles. The van der Waals surface area contributed by atoms with Crippen molar-refractivity contribution in [2.24, 2.45) is 0 Å². The minimum atomic E-state index is 0.150. The lowest BCUT2D eigenvalue weighted by molar-refractivity contribution is 0.263. The maximum atomic E-state index is 5.80. The summed E-state index contributed by atoms with van der Waals surface area (Å²) in [5, 5.41) is 0. The molecule has 0 spiro atoms. The predicted molar refractivity (Wildman–Crippen MR) is 61.4 cm³/mol. The van der Waals surface area contributed by atoms with Gasteiger partial charge in [0.1, 0.15) is 17.6 Å². The Balaban J connectivity index is 2.29. The van der Waals surface area contributed by atoms with E-state index in [0.717, 1.165) is 35.5 Å². The van der Waals surface area contributed by atoms with E-state index in [2.05, 4.69) is 13.5 Å². The maximum Gasteiger partial charge on any atom is 0.128 e. The normalized spacial score (nSPS) is 18.5. The molecule has 1 aliphatic rings. The van der Waals surface area contributed by atoms with Gasteiger partial charge in [0.05, 0.1) is 7.11 Å². The minimum Gasteiger partial charge on any atom is -0.497 e. The van der Waals surface area contributed by atoms with E-state index in [4.69, 9.17) is 9.47 Å². The van der Waals surface area contributed by atoms with Crippen molar-refractivity contribution >= 4 is 5.57 Å². The molecule has 80 valence electrons. The summed E-state index contributed by atoms with van der Waals surface area (Å²) in [6.07, 6.45) is 2.28. The summed E-state index contributed by atoms with van der Waals surface area (Å²) in [5.74, 6) is 1.79. The molecule has 1 unspecified atom stereocenters. The van der Waals surface area contributed by atoms with Gasteiger partial charge >= 0.3 is 0 Å². The number of hydrogen-bond donors (Lipinski definition) is 0. The zero-order chi connectivity index (χ0) is 10.8. The van der Waals surface area contributed by atoms with E-state index in [-0.39, 0.29) is 6.10 Å². The van der Waals surface area contributed by atoms with Crippen molar-refractivity contribution in [1.29, 1.82) is 0 Å². The Labute approximate surface area is 90.5 Å². The number of methoxy groups -OCH3 is 1. The summed E-state index contributed by atoms with van der Waals surface area (Å²) >= 11 is 0. The van der Waals surface area contributed by atoms with Crippen LogP contribution in [0.5, 0.6) is 11.5 Å². The summed E-state index contributed by atoms with van der Waals surface area (Å²) in [6.45, 7) is 6.24. The highest BCUT2D eigenvalue weighted by Crippen LogP contribution is 2.39. The van der Waals surface area contributed by atoms with Crippen LogP contribution in [0.3, 0.4) is 0 Å². The van der Waals surface area contributed by atoms with E-state index in [0.29, 0.717) is 0 Å². The number of hydrogen-bond acceptors (Lipinski definition) is 2. The van der Waals surface area contributed by atoms with Gasteiger partial charge in [-0.3, -0.25) is 0 Å². The second-order valence-corrected chi connectivity index (χ2v) is 3.78. The molecule has 2 nitrogen and oxygen atoms in total. The van der Waals surface area contributed by atoms with Crippen molar-refractivity contribution < 1.29 is 9.47 Å². The molecule has 0 N–H and O–H groups in total. The monoisotopic (exact) mass is 204 g/mol. The molecule has 15 heavy (non-hydrogen) atoms. The van der Waals surface area contributed by atoms with Crippen LogP contribution in [-0.4, -0.2) is 13.2 Å². The van der Waals surface area contributed by atoms with Crippen molar-refractivity contribution in [1.82, 2.24) is 0 Å². The number of ether oxygens (including phenoxy) is 2. The van der Waals surface area contributed by atoms with Gasteiger partial charge in [0, 0.05) is 5.56 Å². The lowest BCUT2D eigenvalue weighted by Crippen LogP contribution is -2.10. The average molecular weight is 204 g/mol. The summed E-state index contributed by atoms with van der Waals surface area (Å²) in [5.41, 5.74) is 2.17. The number of benzene rings is 1. The van der Waals surface area contributed by atoms with Crippen molar-refractivity contribution in [2.45, 2.75) is 25.9 Å². The predicted octanol–water partition coefficient (Wildman–Crippen LogP) is 3.27. The molecule has 1 aromatic rings. The molecule has 0 saturated heterocycles. The van der Waals surface area contributed by atoms with Crippen molar-refractivity contribution in [2.75, 3.05) is 7.11 Å². The summed E-state index contributed by atoms with van der Waals surface area (Å²) in [6, 6.07) is 5.86. The fraction of sp³-hybridized carbons (Fsp3) is 0.385. The maximum absolute atomic E-state index is 5.80. The Morgan fingerprint density at radius 1 is 1.47 bits per heavy atom. The molecule has 1 heterocycles. The van der Waals surface area contributed by atoms with Crippen LogP contribution in [0, 0.1) is 0 Å². The van der Waals surface area contributed by atoms with Crippen LogP contribution < -0.4 is 9.47 Å². The molecule has 2 rings (SSSR count). The van der Waals surface area contributed by atoms with Crippen molar-refractivity contribution in [3.63, 3.8) is 0 Å². The van der Waals surface area contributed by atoms with Gasteiger partial charge in [0.25, 0.3) is 0 Å². The molecule has 1 aliphatic heterocycles. The second-order valence-electron chi connectivity index (χ2n) is 3.78. The van der Waals surface area contributed by atoms with E-state index in [1.54, 1.807) is 7.11 Å². The lowest BCUT2D eigenvalue weighted by Gasteiger charge is -2.09. The first-order valence-corrected chi connectivity index (χ1v) is 5.30. The van der Waals surface area contributed by atoms with Gasteiger partial charge in [0.2, 0.25) is 0 Å². The van der Waals surface area contributed by atoms with Crippen LogP contribution in [0.15, 0.2) is 24.8 Å². The van der Waals surface area contributed by atoms with Crippen LogP contribution in [0.4, 0.5) is 0 Å². The van der Waals surface area contributed by atoms with E-state index in [1.165, 1.54) is 0 Å². The molecule has 0 saturated carbocycles. The van der Waals surface area contributed by atoms with Crippen LogP contribution in [0.2, 0.25) is 0 Å². The van der Waals surface area contributed by atoms with E-state index >= 15 is 0 Å². The molecule has 0 fully saturated rings. The van der Waals surface area contributed by atoms with Gasteiger partial charge in [-0.05, 0) is 30.2 Å². The van der Waals surface area contributed by atoms with Gasteiger partial charge in [-0.25, -0.2) is 0 Å². The van der Waals surface area contributed by atoms with Gasteiger partial charge in [-0.2, -0.15) is 0 Å². The quantitative estimate of drug-likeness (QED) is 0.752. The van der Waals surface area contributed by atoms with Gasteiger partial charge in [0.15, 0.2) is 0 Å². The Hall–Kier alpha value is -1.44. The largest absolute Gasteiger partial charge is 0.497 e. The highest BCUT2D eigenvalue weighted by Gasteiger charge is 2.26. The fourth-order valence-corrected chi connectivity index (χ4v) is 1.88. The zero-order valence-electron chi connectivity index (χ0n) is 9.25. The number of fused-ring (bicyclic) bond motifs is 1. The van der Waals surface area contributed by atoms with Crippen LogP contribution in [-0.2, 0) is 0 Å². The third-order valence-electron chi connectivity index (χ3n) is 2.74. The molecule has 2 heteroatoms. The second kappa shape index (κ2) is 3.97. The molecule has 1 aromatic carbocycles. The third kappa shape index (κ3) is 1.72. The molecule has 1 atom stereocenters. The Bertz CT molecular complexity index is 382. The molecule has 0 radical (unpaired) electrons. The summed E-state index contributed by atoms with van der Waals surface area (Å²) in [7, 11) is 1.67. The Morgan fingerprint density at radius 2 is 2.27 bits per heavy atom. The molecular weight excluding hydrogens is 188 g/mol. The van der Waals surface area contributed by atoms with Crippen LogP contribution >= 0.6 is 0 Å². The molecule has 0 amide bonds. The SMILES string of the molecule is C=C1c2cc(OC)ccc2OC1CCC. The molecular formula is C13H16O2. The van der Waals surface area contributed by atoms with E-state index < -0.39 is 0 Å². The highest BCUT2D eigenvalue weighted by molar-refractivity contribution is 5.76. The van der Waals surface area contributed by atoms with Crippen molar-refractivity contribution in [3.05, 3.63) is 30.3 Å². The van der Waals surface area contributed by atoms with Gasteiger partial charge in [-0.1, -0.05) is 19.9 Å². The summed E-state index contributed by atoms with van der Waals surface area (Å²) in [4.78, 5) is 0.